The minimum absolute atomic E-state index is 0.398. The molecule has 1 nitrogen and oxygen atoms in total. The van der Waals surface area contributed by atoms with Crippen molar-refractivity contribution in [1.29, 1.82) is 0 Å². The third-order valence-electron chi connectivity index (χ3n) is 3.37. The van der Waals surface area contributed by atoms with Gasteiger partial charge in [-0.2, -0.15) is 0 Å². The number of thioether (sulfide) groups is 1. The summed E-state index contributed by atoms with van der Waals surface area (Å²) in [6.07, 6.45) is 1.98. The van der Waals surface area contributed by atoms with E-state index in [1.165, 1.54) is 10.5 Å². The smallest absolute Gasteiger partial charge is 0.345 e. The van der Waals surface area contributed by atoms with Gasteiger partial charge in [-0.05, 0) is 50.6 Å². The maximum Gasteiger partial charge on any atom is 0.345 e. The third-order valence-corrected chi connectivity index (χ3v) is 7.46. The second-order valence-corrected chi connectivity index (χ2v) is 10.6. The van der Waals surface area contributed by atoms with Gasteiger partial charge in [-0.25, -0.2) is 0 Å². The number of hydrogen-bond donors (Lipinski definition) is 0. The molecule has 0 aliphatic heterocycles. The Morgan fingerprint density at radius 2 is 1.79 bits per heavy atom. The van der Waals surface area contributed by atoms with Crippen LogP contribution in [0.2, 0.25) is 11.6 Å². The molecule has 0 aromatic heterocycles. The summed E-state index contributed by atoms with van der Waals surface area (Å²) >= 11 is 1.89. The van der Waals surface area contributed by atoms with Crippen LogP contribution in [0.15, 0.2) is 29.2 Å². The number of rotatable bonds is 7. The van der Waals surface area contributed by atoms with Crippen LogP contribution in [0.4, 0.5) is 0 Å². The Morgan fingerprint density at radius 1 is 1.16 bits per heavy atom. The van der Waals surface area contributed by atoms with E-state index in [4.69, 9.17) is 4.74 Å². The van der Waals surface area contributed by atoms with Gasteiger partial charge < -0.3 is 4.74 Å². The molecular weight excluding hydrogens is 268 g/mol. The van der Waals surface area contributed by atoms with Crippen molar-refractivity contribution >= 4 is 20.6 Å². The molecule has 0 heterocycles. The fraction of sp³-hybridized carbons (Fsp3) is 0.625. The van der Waals surface area contributed by atoms with Crippen molar-refractivity contribution in [2.45, 2.75) is 50.6 Å². The minimum atomic E-state index is -0.398. The van der Waals surface area contributed by atoms with E-state index in [-0.39, 0.29) is 0 Å². The van der Waals surface area contributed by atoms with Gasteiger partial charge in [0, 0.05) is 4.90 Å². The zero-order valence-corrected chi connectivity index (χ0v) is 14.8. The number of ether oxygens (including phenoxy) is 1. The predicted molar refractivity (Wildman–Crippen MR) is 88.7 cm³/mol. The summed E-state index contributed by atoms with van der Waals surface area (Å²) in [4.78, 5) is 1.36. The predicted octanol–water partition coefficient (Wildman–Crippen LogP) is 4.82. The van der Waals surface area contributed by atoms with Crippen LogP contribution in [-0.2, 0) is 11.2 Å². The van der Waals surface area contributed by atoms with E-state index in [0.717, 1.165) is 25.0 Å². The van der Waals surface area contributed by atoms with Crippen LogP contribution in [0.25, 0.3) is 0 Å². The van der Waals surface area contributed by atoms with E-state index in [2.05, 4.69) is 58.5 Å². The van der Waals surface area contributed by atoms with Gasteiger partial charge in [0.25, 0.3) is 0 Å². The molecule has 0 aliphatic rings. The highest BCUT2D eigenvalue weighted by Crippen LogP contribution is 2.26. The molecule has 1 aromatic carbocycles. The van der Waals surface area contributed by atoms with Crippen LogP contribution in [0.5, 0.6) is 0 Å². The third kappa shape index (κ3) is 6.64. The lowest BCUT2D eigenvalue weighted by Gasteiger charge is -2.13. The average Bonchev–Trinajstić information content (AvgIpc) is 2.35. The summed E-state index contributed by atoms with van der Waals surface area (Å²) in [5, 5.41) is 0.434. The molecule has 1 rings (SSSR count). The Labute approximate surface area is 124 Å². The van der Waals surface area contributed by atoms with Crippen LogP contribution < -0.4 is 0 Å². The van der Waals surface area contributed by atoms with Crippen LogP contribution in [0.3, 0.4) is 0 Å². The molecule has 0 amide bonds. The Kier molecular flexibility index (Phi) is 7.19. The van der Waals surface area contributed by atoms with Crippen molar-refractivity contribution in [3.63, 3.8) is 0 Å². The molecule has 106 valence electrons. The molecule has 0 atom stereocenters. The summed E-state index contributed by atoms with van der Waals surface area (Å²) in [6, 6.07) is 8.88. The molecular formula is C16H27OSSi+. The monoisotopic (exact) mass is 295 g/mol. The Balaban J connectivity index is 2.26. The summed E-state index contributed by atoms with van der Waals surface area (Å²) in [5.41, 5.74) is 1.38. The van der Waals surface area contributed by atoms with E-state index < -0.39 is 8.80 Å². The summed E-state index contributed by atoms with van der Waals surface area (Å²) in [7, 11) is -0.398. The first-order valence-electron chi connectivity index (χ1n) is 7.06. The lowest BCUT2D eigenvalue weighted by molar-refractivity contribution is 0.176. The first kappa shape index (κ1) is 16.8. The van der Waals surface area contributed by atoms with Crippen molar-refractivity contribution in [3.05, 3.63) is 29.8 Å². The van der Waals surface area contributed by atoms with Crippen molar-refractivity contribution in [3.8, 4) is 0 Å². The highest BCUT2D eigenvalue weighted by atomic mass is 32.2. The van der Waals surface area contributed by atoms with Gasteiger partial charge in [-0.3, -0.25) is 0 Å². The van der Waals surface area contributed by atoms with E-state index in [1.54, 1.807) is 0 Å². The van der Waals surface area contributed by atoms with Gasteiger partial charge in [0.2, 0.25) is 0 Å². The van der Waals surface area contributed by atoms with Gasteiger partial charge in [-0.15, -0.1) is 11.8 Å². The van der Waals surface area contributed by atoms with E-state index in [9.17, 15) is 0 Å². The van der Waals surface area contributed by atoms with Crippen LogP contribution in [-0.4, -0.2) is 27.4 Å². The maximum absolute atomic E-state index is 5.84. The first-order chi connectivity index (χ1) is 8.93. The topological polar surface area (TPSA) is 9.23 Å². The van der Waals surface area contributed by atoms with Crippen molar-refractivity contribution in [2.75, 3.05) is 18.6 Å². The average molecular weight is 296 g/mol. The fourth-order valence-electron chi connectivity index (χ4n) is 1.55. The zero-order valence-electron chi connectivity index (χ0n) is 13.0. The zero-order chi connectivity index (χ0) is 14.3. The Morgan fingerprint density at radius 3 is 2.32 bits per heavy atom. The molecule has 19 heavy (non-hydrogen) atoms. The van der Waals surface area contributed by atoms with Gasteiger partial charge in [0.1, 0.15) is 0 Å². The second-order valence-electron chi connectivity index (χ2n) is 5.91. The molecule has 0 saturated carbocycles. The summed E-state index contributed by atoms with van der Waals surface area (Å²) in [5.74, 6) is 1.14. The van der Waals surface area contributed by atoms with Gasteiger partial charge in [0.15, 0.2) is 6.23 Å². The standard InChI is InChI=1S/C16H27OSSi/c1-6-18-15-9-7-14(8-10-15)11-12-17-13-19(5)16(2,3)4/h7-10H,6,11-13H2,1-5H3/q+1. The van der Waals surface area contributed by atoms with Crippen molar-refractivity contribution < 1.29 is 4.74 Å². The summed E-state index contributed by atoms with van der Waals surface area (Å²) in [6.45, 7) is 12.3. The maximum atomic E-state index is 5.84. The molecule has 0 bridgehead atoms. The molecule has 0 unspecified atom stereocenters. The highest BCUT2D eigenvalue weighted by molar-refractivity contribution is 7.99. The lowest BCUT2D eigenvalue weighted by atomic mass is 10.2. The normalized spacial score (nSPS) is 11.6. The number of hydrogen-bond acceptors (Lipinski definition) is 2. The molecule has 0 fully saturated rings. The molecule has 0 saturated heterocycles. The highest BCUT2D eigenvalue weighted by Gasteiger charge is 2.36. The van der Waals surface area contributed by atoms with Gasteiger partial charge in [-0.1, -0.05) is 19.1 Å². The largest absolute Gasteiger partial charge is 0.351 e. The first-order valence-corrected chi connectivity index (χ1v) is 10.2. The summed E-state index contributed by atoms with van der Waals surface area (Å²) < 4.78 is 5.84. The Bertz CT molecular complexity index is 356. The van der Waals surface area contributed by atoms with Crippen molar-refractivity contribution in [1.82, 2.24) is 0 Å². The fourth-order valence-corrected chi connectivity index (χ4v) is 3.10. The van der Waals surface area contributed by atoms with E-state index in [1.807, 2.05) is 11.8 Å². The minimum Gasteiger partial charge on any atom is -0.351 e. The SMILES string of the molecule is CCSc1ccc(CCOC[Si+](C)C(C)(C)C)cc1. The second kappa shape index (κ2) is 8.13. The van der Waals surface area contributed by atoms with Crippen LogP contribution in [0.1, 0.15) is 33.3 Å². The lowest BCUT2D eigenvalue weighted by Crippen LogP contribution is -2.28. The molecule has 0 N–H and O–H groups in total. The van der Waals surface area contributed by atoms with Crippen LogP contribution in [0, 0.1) is 0 Å². The van der Waals surface area contributed by atoms with Gasteiger partial charge in [0.05, 0.1) is 18.2 Å². The molecule has 3 heteroatoms. The molecule has 0 spiro atoms. The van der Waals surface area contributed by atoms with E-state index in [0.29, 0.717) is 5.04 Å². The Hall–Kier alpha value is -0.253. The quantitative estimate of drug-likeness (QED) is 0.405. The molecule has 0 aliphatic carbocycles. The van der Waals surface area contributed by atoms with Crippen molar-refractivity contribution in [2.24, 2.45) is 0 Å². The number of benzene rings is 1. The van der Waals surface area contributed by atoms with Crippen LogP contribution >= 0.6 is 11.8 Å². The van der Waals surface area contributed by atoms with E-state index >= 15 is 0 Å². The molecule has 0 radical (unpaired) electrons. The molecule has 1 aromatic rings. The van der Waals surface area contributed by atoms with Gasteiger partial charge >= 0.3 is 8.80 Å².